The zero-order chi connectivity index (χ0) is 19.1. The van der Waals surface area contributed by atoms with E-state index < -0.39 is 0 Å². The molecule has 1 unspecified atom stereocenters. The Morgan fingerprint density at radius 2 is 1.68 bits per heavy atom. The van der Waals surface area contributed by atoms with Gasteiger partial charge in [-0.15, -0.1) is 0 Å². The fourth-order valence-corrected chi connectivity index (χ4v) is 4.04. The molecule has 1 aromatic heterocycles. The SMILES string of the molecule is Fc1ccc(/C=C2\CCCC3=C2Nc2ncnn2C3c2ccc(F)cc2)cc1. The largest absolute Gasteiger partial charge is 0.324 e. The summed E-state index contributed by atoms with van der Waals surface area (Å²) < 4.78 is 28.6. The molecule has 1 aliphatic heterocycles. The Morgan fingerprint density at radius 3 is 2.43 bits per heavy atom. The summed E-state index contributed by atoms with van der Waals surface area (Å²) in [4.78, 5) is 4.35. The van der Waals surface area contributed by atoms with Crippen LogP contribution in [0.2, 0.25) is 0 Å². The van der Waals surface area contributed by atoms with Crippen molar-refractivity contribution in [1.82, 2.24) is 14.8 Å². The summed E-state index contributed by atoms with van der Waals surface area (Å²) in [5.74, 6) is 0.164. The maximum Gasteiger partial charge on any atom is 0.226 e. The number of hydrogen-bond donors (Lipinski definition) is 1. The summed E-state index contributed by atoms with van der Waals surface area (Å²) in [6.45, 7) is 0. The average Bonchev–Trinajstić information content (AvgIpc) is 3.17. The van der Waals surface area contributed by atoms with Crippen LogP contribution < -0.4 is 5.32 Å². The first-order valence-corrected chi connectivity index (χ1v) is 9.30. The maximum atomic E-state index is 13.5. The van der Waals surface area contributed by atoms with Crippen molar-refractivity contribution >= 4 is 12.0 Å². The molecule has 2 heterocycles. The van der Waals surface area contributed by atoms with Gasteiger partial charge in [0.25, 0.3) is 0 Å². The molecule has 2 aliphatic rings. The first-order chi connectivity index (χ1) is 13.7. The van der Waals surface area contributed by atoms with Crippen LogP contribution in [0, 0.1) is 11.6 Å². The lowest BCUT2D eigenvalue weighted by atomic mass is 9.83. The van der Waals surface area contributed by atoms with Gasteiger partial charge in [-0.3, -0.25) is 0 Å². The Hall–Kier alpha value is -3.28. The van der Waals surface area contributed by atoms with E-state index >= 15 is 0 Å². The van der Waals surface area contributed by atoms with E-state index in [-0.39, 0.29) is 17.7 Å². The third-order valence-corrected chi connectivity index (χ3v) is 5.32. The molecule has 3 aromatic rings. The van der Waals surface area contributed by atoms with Gasteiger partial charge in [-0.25, -0.2) is 13.5 Å². The summed E-state index contributed by atoms with van der Waals surface area (Å²) in [6, 6.07) is 12.9. The Morgan fingerprint density at radius 1 is 0.964 bits per heavy atom. The topological polar surface area (TPSA) is 42.7 Å². The predicted molar refractivity (Wildman–Crippen MR) is 103 cm³/mol. The van der Waals surface area contributed by atoms with Gasteiger partial charge >= 0.3 is 0 Å². The smallest absolute Gasteiger partial charge is 0.226 e. The van der Waals surface area contributed by atoms with Gasteiger partial charge in [0.1, 0.15) is 24.0 Å². The van der Waals surface area contributed by atoms with Crippen molar-refractivity contribution in [2.75, 3.05) is 5.32 Å². The molecule has 140 valence electrons. The van der Waals surface area contributed by atoms with Gasteiger partial charge in [-0.1, -0.05) is 24.3 Å². The number of anilines is 1. The van der Waals surface area contributed by atoms with E-state index in [1.165, 1.54) is 36.2 Å². The maximum absolute atomic E-state index is 13.5. The van der Waals surface area contributed by atoms with Crippen molar-refractivity contribution < 1.29 is 8.78 Å². The summed E-state index contributed by atoms with van der Waals surface area (Å²) >= 11 is 0. The molecule has 5 rings (SSSR count). The monoisotopic (exact) mass is 376 g/mol. The summed E-state index contributed by atoms with van der Waals surface area (Å²) in [5.41, 5.74) is 5.35. The van der Waals surface area contributed by atoms with Crippen LogP contribution in [-0.4, -0.2) is 14.8 Å². The quantitative estimate of drug-likeness (QED) is 0.677. The first kappa shape index (κ1) is 16.9. The Bertz CT molecular complexity index is 1080. The minimum atomic E-state index is -0.258. The summed E-state index contributed by atoms with van der Waals surface area (Å²) in [5, 5.41) is 7.83. The third-order valence-electron chi connectivity index (χ3n) is 5.32. The van der Waals surface area contributed by atoms with Crippen molar-refractivity contribution in [3.05, 3.63) is 94.5 Å². The number of aromatic nitrogens is 3. The number of fused-ring (bicyclic) bond motifs is 1. The number of hydrogen-bond acceptors (Lipinski definition) is 3. The highest BCUT2D eigenvalue weighted by atomic mass is 19.1. The van der Waals surface area contributed by atoms with E-state index in [1.54, 1.807) is 24.3 Å². The number of halogens is 2. The standard InChI is InChI=1S/C22H18F2N4/c23-17-8-4-14(5-9-17)12-16-2-1-3-19-20(16)27-22-25-13-26-28(22)21(19)15-6-10-18(24)11-7-15/h4-13,21H,1-3H2,(H,25,26,27)/b16-12+. The van der Waals surface area contributed by atoms with Crippen LogP contribution in [0.25, 0.3) is 6.08 Å². The van der Waals surface area contributed by atoms with E-state index in [4.69, 9.17) is 0 Å². The second kappa shape index (κ2) is 6.71. The zero-order valence-electron chi connectivity index (χ0n) is 15.1. The number of rotatable bonds is 2. The molecule has 4 nitrogen and oxygen atoms in total. The lowest BCUT2D eigenvalue weighted by Gasteiger charge is -2.34. The molecule has 0 bridgehead atoms. The molecule has 0 radical (unpaired) electrons. The minimum Gasteiger partial charge on any atom is -0.324 e. The molecule has 0 saturated heterocycles. The van der Waals surface area contributed by atoms with Crippen LogP contribution in [0.4, 0.5) is 14.7 Å². The molecule has 1 N–H and O–H groups in total. The van der Waals surface area contributed by atoms with Crippen LogP contribution in [-0.2, 0) is 0 Å². The number of nitrogens with one attached hydrogen (secondary N) is 1. The lowest BCUT2D eigenvalue weighted by molar-refractivity contribution is 0.536. The van der Waals surface area contributed by atoms with Gasteiger partial charge in [0.15, 0.2) is 0 Å². The van der Waals surface area contributed by atoms with Crippen molar-refractivity contribution in [3.8, 4) is 0 Å². The second-order valence-corrected chi connectivity index (χ2v) is 7.08. The van der Waals surface area contributed by atoms with Gasteiger partial charge in [0, 0.05) is 5.70 Å². The van der Waals surface area contributed by atoms with Crippen LogP contribution in [0.3, 0.4) is 0 Å². The highest BCUT2D eigenvalue weighted by molar-refractivity contribution is 5.65. The molecule has 0 fully saturated rings. The van der Waals surface area contributed by atoms with Crippen LogP contribution in [0.5, 0.6) is 0 Å². The molecule has 1 aliphatic carbocycles. The highest BCUT2D eigenvalue weighted by Crippen LogP contribution is 2.43. The average molecular weight is 376 g/mol. The van der Waals surface area contributed by atoms with Gasteiger partial charge < -0.3 is 5.32 Å². The molecule has 0 spiro atoms. The Kier molecular flexibility index (Phi) is 4.04. The fourth-order valence-electron chi connectivity index (χ4n) is 4.04. The summed E-state index contributed by atoms with van der Waals surface area (Å²) in [6.07, 6.45) is 6.47. The molecule has 2 aromatic carbocycles. The fraction of sp³-hybridized carbons (Fsp3) is 0.182. The zero-order valence-corrected chi connectivity index (χ0v) is 15.1. The van der Waals surface area contributed by atoms with Gasteiger partial charge in [0.05, 0.1) is 0 Å². The van der Waals surface area contributed by atoms with Crippen LogP contribution in [0.15, 0.2) is 71.7 Å². The molecule has 1 atom stereocenters. The number of benzene rings is 2. The third kappa shape index (κ3) is 2.91. The molecule has 28 heavy (non-hydrogen) atoms. The van der Waals surface area contributed by atoms with E-state index in [1.807, 2.05) is 4.68 Å². The minimum absolute atomic E-state index is 0.119. The van der Waals surface area contributed by atoms with E-state index in [9.17, 15) is 8.78 Å². The second-order valence-electron chi connectivity index (χ2n) is 7.08. The van der Waals surface area contributed by atoms with E-state index in [2.05, 4.69) is 21.5 Å². The van der Waals surface area contributed by atoms with Gasteiger partial charge in [-0.2, -0.15) is 10.1 Å². The molecule has 0 amide bonds. The van der Waals surface area contributed by atoms with Crippen LogP contribution in [0.1, 0.15) is 36.4 Å². The highest BCUT2D eigenvalue weighted by Gasteiger charge is 2.33. The van der Waals surface area contributed by atoms with Crippen molar-refractivity contribution in [1.29, 1.82) is 0 Å². The molecular weight excluding hydrogens is 358 g/mol. The Balaban J connectivity index is 1.63. The van der Waals surface area contributed by atoms with E-state index in [0.29, 0.717) is 5.95 Å². The van der Waals surface area contributed by atoms with Crippen LogP contribution >= 0.6 is 0 Å². The number of nitrogens with zero attached hydrogens (tertiary/aromatic N) is 3. The normalized spacial score (nSPS) is 19.9. The predicted octanol–water partition coefficient (Wildman–Crippen LogP) is 5.09. The molecule has 0 saturated carbocycles. The summed E-state index contributed by atoms with van der Waals surface area (Å²) in [7, 11) is 0. The lowest BCUT2D eigenvalue weighted by Crippen LogP contribution is -2.28. The molecule has 6 heteroatoms. The molecular formula is C22H18F2N4. The van der Waals surface area contributed by atoms with Gasteiger partial charge in [0.2, 0.25) is 5.95 Å². The number of allylic oxidation sites excluding steroid dienone is 2. The first-order valence-electron chi connectivity index (χ1n) is 9.30. The van der Waals surface area contributed by atoms with E-state index in [0.717, 1.165) is 41.7 Å². The van der Waals surface area contributed by atoms with Crippen molar-refractivity contribution in [2.45, 2.75) is 25.3 Å². The Labute approximate surface area is 161 Å². The van der Waals surface area contributed by atoms with Crippen molar-refractivity contribution in [3.63, 3.8) is 0 Å². The van der Waals surface area contributed by atoms with Crippen molar-refractivity contribution in [2.24, 2.45) is 0 Å². The van der Waals surface area contributed by atoms with Gasteiger partial charge in [-0.05, 0) is 71.9 Å².